The maximum absolute atomic E-state index is 12.3. The number of carbonyl (C=O) groups excluding carboxylic acids is 1. The van der Waals surface area contributed by atoms with Gasteiger partial charge in [0, 0.05) is 49.4 Å². The van der Waals surface area contributed by atoms with Crippen molar-refractivity contribution in [3.8, 4) is 5.75 Å². The Balaban J connectivity index is 1.34. The molecule has 0 unspecified atom stereocenters. The SMILES string of the molecule is COc1ccc(C=CC(=O)c2cccs2)cc1CN1C[C@H]2C[C@@H](C1)c1cccc(=O)n1C2. The Morgan fingerprint density at radius 2 is 2.06 bits per heavy atom. The maximum atomic E-state index is 12.3. The van der Waals surface area contributed by atoms with Crippen molar-refractivity contribution in [1.82, 2.24) is 9.47 Å². The molecule has 32 heavy (non-hydrogen) atoms. The number of piperidine rings is 1. The quantitative estimate of drug-likeness (QED) is 0.415. The van der Waals surface area contributed by atoms with Crippen LogP contribution >= 0.6 is 11.3 Å². The van der Waals surface area contributed by atoms with Crippen LogP contribution in [0.25, 0.3) is 6.08 Å². The number of allylic oxidation sites excluding steroid dienone is 1. The van der Waals surface area contributed by atoms with E-state index in [0.29, 0.717) is 11.8 Å². The summed E-state index contributed by atoms with van der Waals surface area (Å²) in [6.07, 6.45) is 4.65. The normalized spacial score (nSPS) is 20.3. The molecule has 3 aromatic rings. The molecule has 5 nitrogen and oxygen atoms in total. The van der Waals surface area contributed by atoms with Crippen LogP contribution in [0.4, 0.5) is 0 Å². The average molecular weight is 447 g/mol. The summed E-state index contributed by atoms with van der Waals surface area (Å²) in [5.41, 5.74) is 3.38. The molecule has 0 spiro atoms. The molecule has 0 N–H and O–H groups in total. The topological polar surface area (TPSA) is 51.5 Å². The molecule has 2 aliphatic rings. The minimum atomic E-state index is 0.0233. The second-order valence-electron chi connectivity index (χ2n) is 8.64. The molecular weight excluding hydrogens is 420 g/mol. The van der Waals surface area contributed by atoms with Gasteiger partial charge in [-0.1, -0.05) is 24.3 Å². The zero-order valence-corrected chi connectivity index (χ0v) is 18.9. The van der Waals surface area contributed by atoms with Crippen molar-refractivity contribution in [3.05, 3.63) is 92.0 Å². The Morgan fingerprint density at radius 1 is 1.16 bits per heavy atom. The van der Waals surface area contributed by atoms with Crippen LogP contribution in [0.3, 0.4) is 0 Å². The molecule has 2 atom stereocenters. The third-order valence-corrected chi connectivity index (χ3v) is 7.33. The van der Waals surface area contributed by atoms with Gasteiger partial charge >= 0.3 is 0 Å². The number of carbonyl (C=O) groups is 1. The van der Waals surface area contributed by atoms with E-state index in [9.17, 15) is 9.59 Å². The average Bonchev–Trinajstić information content (AvgIpc) is 3.33. The van der Waals surface area contributed by atoms with Crippen molar-refractivity contribution in [2.45, 2.75) is 25.4 Å². The monoisotopic (exact) mass is 446 g/mol. The highest BCUT2D eigenvalue weighted by Gasteiger charge is 2.34. The van der Waals surface area contributed by atoms with E-state index in [1.54, 1.807) is 19.3 Å². The number of hydrogen-bond acceptors (Lipinski definition) is 5. The standard InChI is InChI=1S/C26H26N2O3S/c1-31-24-10-8-18(7-9-23(29)25-5-3-11-32-25)12-21(24)17-27-14-19-13-20(16-27)22-4-2-6-26(30)28(22)15-19/h2-12,19-20H,13-17H2,1H3/t19-,20+/m1/s1. The first kappa shape index (κ1) is 20.9. The summed E-state index contributed by atoms with van der Waals surface area (Å²) in [6.45, 7) is 3.48. The number of thiophene rings is 1. The molecule has 5 rings (SSSR count). The molecule has 6 heteroatoms. The molecule has 2 bridgehead atoms. The van der Waals surface area contributed by atoms with Gasteiger partial charge in [0.25, 0.3) is 5.56 Å². The number of ketones is 1. The van der Waals surface area contributed by atoms with E-state index in [4.69, 9.17) is 4.74 Å². The number of likely N-dealkylation sites (tertiary alicyclic amines) is 1. The Bertz CT molecular complexity index is 1210. The summed E-state index contributed by atoms with van der Waals surface area (Å²) in [4.78, 5) is 27.8. The van der Waals surface area contributed by atoms with Crippen LogP contribution in [0.15, 0.2) is 64.8 Å². The highest BCUT2D eigenvalue weighted by Crippen LogP contribution is 2.36. The third-order valence-electron chi connectivity index (χ3n) is 6.44. The van der Waals surface area contributed by atoms with Crippen LogP contribution in [0, 0.1) is 5.92 Å². The fourth-order valence-electron chi connectivity index (χ4n) is 5.06. The fraction of sp³-hybridized carbons (Fsp3) is 0.308. The molecule has 2 aliphatic heterocycles. The van der Waals surface area contributed by atoms with Crippen molar-refractivity contribution >= 4 is 23.2 Å². The molecular formula is C26H26N2O3S. The molecule has 2 aromatic heterocycles. The number of fused-ring (bicyclic) bond motifs is 4. The van der Waals surface area contributed by atoms with E-state index < -0.39 is 0 Å². The smallest absolute Gasteiger partial charge is 0.250 e. The number of hydrogen-bond donors (Lipinski definition) is 0. The summed E-state index contributed by atoms with van der Waals surface area (Å²) < 4.78 is 7.60. The van der Waals surface area contributed by atoms with E-state index >= 15 is 0 Å². The molecule has 164 valence electrons. The summed E-state index contributed by atoms with van der Waals surface area (Å²) in [6, 6.07) is 15.4. The highest BCUT2D eigenvalue weighted by molar-refractivity contribution is 7.12. The van der Waals surface area contributed by atoms with E-state index in [1.807, 2.05) is 46.4 Å². The van der Waals surface area contributed by atoms with Crippen molar-refractivity contribution in [3.63, 3.8) is 0 Å². The molecule has 1 fully saturated rings. The van der Waals surface area contributed by atoms with Crippen LogP contribution in [0.1, 0.15) is 38.8 Å². The van der Waals surface area contributed by atoms with Gasteiger partial charge in [0.05, 0.1) is 12.0 Å². The maximum Gasteiger partial charge on any atom is 0.250 e. The second kappa shape index (κ2) is 8.88. The number of ether oxygens (including phenoxy) is 1. The van der Waals surface area contributed by atoms with Crippen LogP contribution in [-0.4, -0.2) is 35.4 Å². The number of aromatic nitrogens is 1. The van der Waals surface area contributed by atoms with Crippen LogP contribution < -0.4 is 10.3 Å². The van der Waals surface area contributed by atoms with Gasteiger partial charge in [-0.05, 0) is 53.6 Å². The van der Waals surface area contributed by atoms with Crippen molar-refractivity contribution in [1.29, 1.82) is 0 Å². The van der Waals surface area contributed by atoms with Gasteiger partial charge in [-0.3, -0.25) is 14.5 Å². The molecule has 1 saturated heterocycles. The largest absolute Gasteiger partial charge is 0.496 e. The van der Waals surface area contributed by atoms with E-state index in [2.05, 4.69) is 17.0 Å². The predicted octanol–water partition coefficient (Wildman–Crippen LogP) is 4.43. The summed E-state index contributed by atoms with van der Waals surface area (Å²) >= 11 is 1.45. The van der Waals surface area contributed by atoms with Gasteiger partial charge in [-0.2, -0.15) is 0 Å². The van der Waals surface area contributed by atoms with Gasteiger partial charge in [0.2, 0.25) is 0 Å². The summed E-state index contributed by atoms with van der Waals surface area (Å²) in [7, 11) is 1.70. The second-order valence-corrected chi connectivity index (χ2v) is 9.59. The van der Waals surface area contributed by atoms with E-state index in [-0.39, 0.29) is 11.3 Å². The molecule has 0 aliphatic carbocycles. The Hall–Kier alpha value is -2.96. The lowest BCUT2D eigenvalue weighted by Crippen LogP contribution is -2.46. The number of methoxy groups -OCH3 is 1. The van der Waals surface area contributed by atoms with Crippen molar-refractivity contribution in [2.75, 3.05) is 20.2 Å². The fourth-order valence-corrected chi connectivity index (χ4v) is 5.71. The lowest BCUT2D eigenvalue weighted by atomic mass is 9.83. The number of nitrogens with zero attached hydrogens (tertiary/aromatic N) is 2. The van der Waals surface area contributed by atoms with Crippen LogP contribution in [0.5, 0.6) is 5.75 Å². The van der Waals surface area contributed by atoms with Gasteiger partial charge in [-0.25, -0.2) is 0 Å². The molecule has 4 heterocycles. The van der Waals surface area contributed by atoms with Gasteiger partial charge < -0.3 is 9.30 Å². The minimum absolute atomic E-state index is 0.0233. The molecule has 1 aromatic carbocycles. The summed E-state index contributed by atoms with van der Waals surface area (Å²) in [5, 5.41) is 1.91. The Labute approximate surface area is 191 Å². The van der Waals surface area contributed by atoms with E-state index in [1.165, 1.54) is 11.3 Å². The number of rotatable bonds is 6. The first-order valence-electron chi connectivity index (χ1n) is 11.0. The predicted molar refractivity (Wildman–Crippen MR) is 128 cm³/mol. The highest BCUT2D eigenvalue weighted by atomic mass is 32.1. The van der Waals surface area contributed by atoms with Crippen molar-refractivity contribution in [2.24, 2.45) is 5.92 Å². The number of pyridine rings is 1. The van der Waals surface area contributed by atoms with Gasteiger partial charge in [-0.15, -0.1) is 11.3 Å². The van der Waals surface area contributed by atoms with Crippen LogP contribution in [-0.2, 0) is 13.1 Å². The van der Waals surface area contributed by atoms with E-state index in [0.717, 1.165) is 60.0 Å². The lowest BCUT2D eigenvalue weighted by molar-refractivity contribution is 0.105. The van der Waals surface area contributed by atoms with Gasteiger partial charge in [0.15, 0.2) is 5.78 Å². The first-order valence-corrected chi connectivity index (χ1v) is 11.8. The van der Waals surface area contributed by atoms with Crippen molar-refractivity contribution < 1.29 is 9.53 Å². The molecule has 0 saturated carbocycles. The summed E-state index contributed by atoms with van der Waals surface area (Å²) in [5.74, 6) is 1.75. The Morgan fingerprint density at radius 3 is 2.88 bits per heavy atom. The first-order chi connectivity index (χ1) is 15.6. The molecule has 0 amide bonds. The molecule has 0 radical (unpaired) electrons. The third kappa shape index (κ3) is 4.20. The lowest BCUT2D eigenvalue weighted by Gasteiger charge is -2.43. The zero-order valence-electron chi connectivity index (χ0n) is 18.1. The van der Waals surface area contributed by atoms with Crippen LogP contribution in [0.2, 0.25) is 0 Å². The zero-order chi connectivity index (χ0) is 22.1. The number of benzene rings is 1. The van der Waals surface area contributed by atoms with Gasteiger partial charge in [0.1, 0.15) is 5.75 Å². The Kier molecular flexibility index (Phi) is 5.81. The minimum Gasteiger partial charge on any atom is -0.496 e.